The van der Waals surface area contributed by atoms with Gasteiger partial charge in [0.1, 0.15) is 6.26 Å². The third kappa shape index (κ3) is 3.47. The molecule has 1 radical (unpaired) electrons. The van der Waals surface area contributed by atoms with E-state index in [2.05, 4.69) is 0 Å². The van der Waals surface area contributed by atoms with E-state index in [0.29, 0.717) is 31.7 Å². The van der Waals surface area contributed by atoms with Crippen molar-refractivity contribution in [3.05, 3.63) is 30.6 Å². The second-order valence-corrected chi connectivity index (χ2v) is 5.86. The van der Waals surface area contributed by atoms with Gasteiger partial charge in [0.25, 0.3) is 5.91 Å². The van der Waals surface area contributed by atoms with Crippen molar-refractivity contribution in [2.45, 2.75) is 13.8 Å². The zero-order chi connectivity index (χ0) is 16.3. The molecule has 119 valence electrons. The molecule has 1 aromatic rings. The lowest BCUT2D eigenvalue weighted by molar-refractivity contribution is -0.134. The van der Waals surface area contributed by atoms with Gasteiger partial charge in [-0.3, -0.25) is 14.4 Å². The molecule has 22 heavy (non-hydrogen) atoms. The number of furan rings is 1. The Balaban J connectivity index is 1.88. The number of hydrogen-bond acceptors (Lipinski definition) is 4. The summed E-state index contributed by atoms with van der Waals surface area (Å²) in [6.07, 6.45) is 4.19. The maximum atomic E-state index is 12.2. The molecular weight excluding hydrogens is 286 g/mol. The van der Waals surface area contributed by atoms with E-state index in [9.17, 15) is 14.4 Å². The highest BCUT2D eigenvalue weighted by Crippen LogP contribution is 2.20. The second kappa shape index (κ2) is 6.21. The standard InChI is InChI=1S/C15H20N3O4/c1-15(2,14(16)21)9-12(19)17-4-6-18(7-5-17)13(20)11-3-8-22-10-11/h3,8-10H,4-7H2,1-2H3,(H2,16,21). The van der Waals surface area contributed by atoms with Gasteiger partial charge in [0.05, 0.1) is 23.7 Å². The molecule has 7 heteroatoms. The molecule has 1 aliphatic rings. The van der Waals surface area contributed by atoms with E-state index in [4.69, 9.17) is 10.2 Å². The lowest BCUT2D eigenvalue weighted by Crippen LogP contribution is -2.51. The zero-order valence-corrected chi connectivity index (χ0v) is 12.7. The van der Waals surface area contributed by atoms with E-state index in [1.54, 1.807) is 29.7 Å². The molecule has 2 rings (SSSR count). The van der Waals surface area contributed by atoms with Crippen LogP contribution in [-0.2, 0) is 9.59 Å². The Morgan fingerprint density at radius 3 is 2.27 bits per heavy atom. The fraction of sp³-hybridized carbons (Fsp3) is 0.467. The number of rotatable bonds is 4. The summed E-state index contributed by atoms with van der Waals surface area (Å²) >= 11 is 0. The summed E-state index contributed by atoms with van der Waals surface area (Å²) in [6, 6.07) is 1.61. The number of carbonyl (C=O) groups is 3. The Morgan fingerprint density at radius 1 is 1.18 bits per heavy atom. The van der Waals surface area contributed by atoms with Crippen molar-refractivity contribution in [1.29, 1.82) is 0 Å². The molecule has 2 N–H and O–H groups in total. The van der Waals surface area contributed by atoms with Gasteiger partial charge >= 0.3 is 0 Å². The first-order valence-corrected chi connectivity index (χ1v) is 7.07. The third-order valence-corrected chi connectivity index (χ3v) is 3.77. The summed E-state index contributed by atoms with van der Waals surface area (Å²) in [5.74, 6) is -0.892. The van der Waals surface area contributed by atoms with Crippen molar-refractivity contribution >= 4 is 17.7 Å². The van der Waals surface area contributed by atoms with Crippen molar-refractivity contribution in [3.63, 3.8) is 0 Å². The van der Waals surface area contributed by atoms with E-state index in [0.717, 1.165) is 0 Å². The highest BCUT2D eigenvalue weighted by atomic mass is 16.3. The van der Waals surface area contributed by atoms with Gasteiger partial charge in [0, 0.05) is 26.2 Å². The number of nitrogens with two attached hydrogens (primary N) is 1. The molecule has 1 aliphatic heterocycles. The van der Waals surface area contributed by atoms with Crippen LogP contribution in [0.5, 0.6) is 0 Å². The molecule has 0 spiro atoms. The fourth-order valence-corrected chi connectivity index (χ4v) is 2.17. The minimum atomic E-state index is -0.985. The Hall–Kier alpha value is -2.31. The van der Waals surface area contributed by atoms with Crippen LogP contribution in [-0.4, -0.2) is 53.7 Å². The van der Waals surface area contributed by atoms with Gasteiger partial charge in [-0.25, -0.2) is 0 Å². The van der Waals surface area contributed by atoms with Crippen molar-refractivity contribution in [3.8, 4) is 0 Å². The molecule has 1 saturated heterocycles. The first-order chi connectivity index (χ1) is 10.3. The van der Waals surface area contributed by atoms with Crippen LogP contribution in [0.2, 0.25) is 0 Å². The van der Waals surface area contributed by atoms with Gasteiger partial charge in [-0.05, 0) is 6.07 Å². The van der Waals surface area contributed by atoms with Crippen LogP contribution >= 0.6 is 0 Å². The third-order valence-electron chi connectivity index (χ3n) is 3.77. The molecular formula is C15H20N3O4. The lowest BCUT2D eigenvalue weighted by atomic mass is 9.88. The van der Waals surface area contributed by atoms with E-state index < -0.39 is 11.3 Å². The van der Waals surface area contributed by atoms with Crippen LogP contribution in [0.15, 0.2) is 23.0 Å². The van der Waals surface area contributed by atoms with Gasteiger partial charge in [0.2, 0.25) is 11.8 Å². The van der Waals surface area contributed by atoms with Crippen LogP contribution in [0.3, 0.4) is 0 Å². The molecule has 0 atom stereocenters. The summed E-state index contributed by atoms with van der Waals surface area (Å²) < 4.78 is 4.90. The Kier molecular flexibility index (Phi) is 4.54. The van der Waals surface area contributed by atoms with Crippen LogP contribution in [0, 0.1) is 11.8 Å². The maximum Gasteiger partial charge on any atom is 0.257 e. The van der Waals surface area contributed by atoms with Crippen molar-refractivity contribution < 1.29 is 18.8 Å². The fourth-order valence-electron chi connectivity index (χ4n) is 2.17. The summed E-state index contributed by atoms with van der Waals surface area (Å²) in [5.41, 5.74) is 4.78. The molecule has 0 saturated carbocycles. The van der Waals surface area contributed by atoms with Crippen molar-refractivity contribution in [1.82, 2.24) is 9.80 Å². The van der Waals surface area contributed by atoms with Crippen molar-refractivity contribution in [2.75, 3.05) is 26.2 Å². The SMILES string of the molecule is CC(C)([CH]C(=O)N1CCN(C(=O)c2ccoc2)CC1)C(N)=O. The summed E-state index contributed by atoms with van der Waals surface area (Å²) in [7, 11) is 0. The highest BCUT2D eigenvalue weighted by Gasteiger charge is 2.32. The van der Waals surface area contributed by atoms with Crippen LogP contribution in [0.25, 0.3) is 0 Å². The summed E-state index contributed by atoms with van der Waals surface area (Å²) in [5, 5.41) is 0. The van der Waals surface area contributed by atoms with E-state index in [1.165, 1.54) is 18.9 Å². The quantitative estimate of drug-likeness (QED) is 0.864. The van der Waals surface area contributed by atoms with Crippen LogP contribution in [0.4, 0.5) is 0 Å². The lowest BCUT2D eigenvalue weighted by Gasteiger charge is -2.35. The summed E-state index contributed by atoms with van der Waals surface area (Å²) in [4.78, 5) is 38.9. The zero-order valence-electron chi connectivity index (χ0n) is 12.7. The van der Waals surface area contributed by atoms with E-state index in [1.807, 2.05) is 0 Å². The van der Waals surface area contributed by atoms with Gasteiger partial charge in [0.15, 0.2) is 0 Å². The smallest absolute Gasteiger partial charge is 0.257 e. The number of nitrogens with zero attached hydrogens (tertiary/aromatic N) is 2. The van der Waals surface area contributed by atoms with Gasteiger partial charge in [-0.2, -0.15) is 0 Å². The Morgan fingerprint density at radius 2 is 1.77 bits per heavy atom. The predicted octanol–water partition coefficient (Wildman–Crippen LogP) is 0.280. The molecule has 0 bridgehead atoms. The van der Waals surface area contributed by atoms with Gasteiger partial charge in [-0.15, -0.1) is 0 Å². The number of hydrogen-bond donors (Lipinski definition) is 1. The molecule has 3 amide bonds. The number of primary amides is 1. The molecule has 0 aromatic carbocycles. The predicted molar refractivity (Wildman–Crippen MR) is 78.5 cm³/mol. The maximum absolute atomic E-state index is 12.2. The monoisotopic (exact) mass is 306 g/mol. The molecule has 0 unspecified atom stereocenters. The first-order valence-electron chi connectivity index (χ1n) is 7.07. The summed E-state index contributed by atoms with van der Waals surface area (Å²) in [6.45, 7) is 4.94. The Labute approximate surface area is 129 Å². The second-order valence-electron chi connectivity index (χ2n) is 5.86. The molecule has 2 heterocycles. The average molecular weight is 306 g/mol. The topological polar surface area (TPSA) is 96.8 Å². The number of piperazine rings is 1. The molecule has 1 fully saturated rings. The van der Waals surface area contributed by atoms with Gasteiger partial charge in [-0.1, -0.05) is 13.8 Å². The molecule has 7 nitrogen and oxygen atoms in total. The van der Waals surface area contributed by atoms with Crippen LogP contribution in [0.1, 0.15) is 24.2 Å². The van der Waals surface area contributed by atoms with Crippen molar-refractivity contribution in [2.24, 2.45) is 11.1 Å². The number of carbonyl (C=O) groups excluding carboxylic acids is 3. The molecule has 1 aromatic heterocycles. The highest BCUT2D eigenvalue weighted by molar-refractivity contribution is 5.95. The normalized spacial score (nSPS) is 15.7. The average Bonchev–Trinajstić information content (AvgIpc) is 3.00. The van der Waals surface area contributed by atoms with E-state index >= 15 is 0 Å². The van der Waals surface area contributed by atoms with Crippen LogP contribution < -0.4 is 5.73 Å². The number of amides is 3. The first kappa shape index (κ1) is 16.1. The van der Waals surface area contributed by atoms with E-state index in [-0.39, 0.29) is 11.8 Å². The minimum Gasteiger partial charge on any atom is -0.472 e. The largest absolute Gasteiger partial charge is 0.472 e. The Bertz CT molecular complexity index is 557. The molecule has 0 aliphatic carbocycles. The minimum absolute atomic E-state index is 0.109. The van der Waals surface area contributed by atoms with Gasteiger partial charge < -0.3 is 20.0 Å².